The highest BCUT2D eigenvalue weighted by Gasteiger charge is 2.28. The second-order valence-electron chi connectivity index (χ2n) is 5.89. The Morgan fingerprint density at radius 2 is 2.00 bits per heavy atom. The first-order valence-corrected chi connectivity index (χ1v) is 7.83. The Bertz CT molecular complexity index is 1050. The lowest BCUT2D eigenvalue weighted by molar-refractivity contribution is -1.19. The van der Waals surface area contributed by atoms with Gasteiger partial charge in [-0.3, -0.25) is 4.79 Å². The predicted molar refractivity (Wildman–Crippen MR) is 89.7 cm³/mol. The highest BCUT2D eigenvalue weighted by atomic mass is 16.8. The fourth-order valence-corrected chi connectivity index (χ4v) is 3.44. The van der Waals surface area contributed by atoms with Crippen LogP contribution in [0, 0.1) is 0 Å². The van der Waals surface area contributed by atoms with Crippen LogP contribution < -0.4 is 19.4 Å². The van der Waals surface area contributed by atoms with Crippen LogP contribution in [-0.2, 0) is 11.2 Å². The van der Waals surface area contributed by atoms with Gasteiger partial charge in [0.25, 0.3) is 0 Å². The quantitative estimate of drug-likeness (QED) is 0.415. The maximum Gasteiger partial charge on any atom is 0.307 e. The summed E-state index contributed by atoms with van der Waals surface area (Å²) in [7, 11) is 1.52. The standard InChI is InChI=1S/C18H15NO7/c1-24-13-4-2-3-10-11(13)7-12(19(22)23)16-9(6-15(20)21)5-14-18(17(10)16)26-8-25-14/h2-5,7,22-23H,6,8H2,1H3,(H,20,21)/p+1. The minimum absolute atomic E-state index is 0.00543. The van der Waals surface area contributed by atoms with Gasteiger partial charge in [0.2, 0.25) is 12.5 Å². The Hall–Kier alpha value is -3.07. The third-order valence-electron chi connectivity index (χ3n) is 4.44. The average Bonchev–Trinajstić information content (AvgIpc) is 3.07. The van der Waals surface area contributed by atoms with Gasteiger partial charge in [-0.05, 0) is 28.3 Å². The van der Waals surface area contributed by atoms with E-state index in [2.05, 4.69) is 0 Å². The molecule has 0 saturated carbocycles. The zero-order valence-electron chi connectivity index (χ0n) is 13.8. The molecule has 1 aliphatic rings. The van der Waals surface area contributed by atoms with Gasteiger partial charge in [0.05, 0.1) is 18.9 Å². The molecule has 0 aliphatic carbocycles. The smallest absolute Gasteiger partial charge is 0.307 e. The second-order valence-corrected chi connectivity index (χ2v) is 5.89. The van der Waals surface area contributed by atoms with Crippen molar-refractivity contribution in [1.82, 2.24) is 0 Å². The molecular weight excluding hydrogens is 342 g/mol. The number of carboxylic acids is 1. The molecule has 0 bridgehead atoms. The third kappa shape index (κ3) is 2.39. The highest BCUT2D eigenvalue weighted by molar-refractivity contribution is 6.18. The van der Waals surface area contributed by atoms with E-state index in [4.69, 9.17) is 14.2 Å². The van der Waals surface area contributed by atoms with E-state index in [-0.39, 0.29) is 18.9 Å². The zero-order valence-corrected chi connectivity index (χ0v) is 13.8. The number of nitrogens with one attached hydrogen (secondary N) is 1. The molecule has 0 aromatic heterocycles. The topological polar surface area (TPSA) is 110 Å². The predicted octanol–water partition coefficient (Wildman–Crippen LogP) is 1.65. The summed E-state index contributed by atoms with van der Waals surface area (Å²) < 4.78 is 16.4. The minimum Gasteiger partial charge on any atom is -0.496 e. The van der Waals surface area contributed by atoms with Gasteiger partial charge in [0.1, 0.15) is 5.75 Å². The van der Waals surface area contributed by atoms with Gasteiger partial charge >= 0.3 is 5.97 Å². The zero-order chi connectivity index (χ0) is 18.4. The summed E-state index contributed by atoms with van der Waals surface area (Å²) in [6, 6.07) is 8.53. The molecule has 26 heavy (non-hydrogen) atoms. The molecule has 0 amide bonds. The van der Waals surface area contributed by atoms with Crippen LogP contribution in [0.1, 0.15) is 5.56 Å². The minimum atomic E-state index is -1.04. The number of fused-ring (bicyclic) bond motifs is 5. The SMILES string of the molecule is COc1cccc2c1cc([NH+](O)O)c1c(CC(=O)O)cc3c(c12)OCO3. The number of aliphatic carboxylic acids is 1. The Balaban J connectivity index is 2.24. The summed E-state index contributed by atoms with van der Waals surface area (Å²) in [5.74, 6) is 0.366. The number of rotatable bonds is 4. The van der Waals surface area contributed by atoms with Gasteiger partial charge < -0.3 is 19.3 Å². The number of quaternary nitrogens is 1. The van der Waals surface area contributed by atoms with Crippen LogP contribution in [0.5, 0.6) is 17.2 Å². The number of hydrogen-bond donors (Lipinski definition) is 4. The van der Waals surface area contributed by atoms with Crippen LogP contribution in [-0.4, -0.2) is 35.4 Å². The van der Waals surface area contributed by atoms with Crippen molar-refractivity contribution in [3.8, 4) is 17.2 Å². The van der Waals surface area contributed by atoms with E-state index in [1.54, 1.807) is 24.3 Å². The van der Waals surface area contributed by atoms with Crippen molar-refractivity contribution in [1.29, 1.82) is 0 Å². The Morgan fingerprint density at radius 1 is 1.19 bits per heavy atom. The Kier molecular flexibility index (Phi) is 3.80. The van der Waals surface area contributed by atoms with Crippen LogP contribution in [0.2, 0.25) is 0 Å². The van der Waals surface area contributed by atoms with E-state index in [0.717, 1.165) is 5.39 Å². The summed E-state index contributed by atoms with van der Waals surface area (Å²) in [6.07, 6.45) is -0.303. The number of methoxy groups -OCH3 is 1. The number of ether oxygens (including phenoxy) is 3. The molecule has 0 atom stereocenters. The molecule has 8 heteroatoms. The van der Waals surface area contributed by atoms with Gasteiger partial charge in [-0.15, -0.1) is 0 Å². The highest BCUT2D eigenvalue weighted by Crippen LogP contribution is 2.47. The molecule has 1 aliphatic heterocycles. The van der Waals surface area contributed by atoms with E-state index in [0.29, 0.717) is 39.0 Å². The monoisotopic (exact) mass is 358 g/mol. The average molecular weight is 358 g/mol. The molecule has 0 fully saturated rings. The maximum atomic E-state index is 11.3. The summed E-state index contributed by atoms with van der Waals surface area (Å²) >= 11 is 0. The van der Waals surface area contributed by atoms with Gasteiger partial charge in [-0.1, -0.05) is 12.1 Å². The van der Waals surface area contributed by atoms with Crippen molar-refractivity contribution >= 4 is 33.2 Å². The van der Waals surface area contributed by atoms with Crippen LogP contribution in [0.15, 0.2) is 30.3 Å². The number of benzene rings is 3. The normalized spacial score (nSPS) is 12.9. The Labute approximate surface area is 147 Å². The van der Waals surface area contributed by atoms with Crippen molar-refractivity contribution in [3.05, 3.63) is 35.9 Å². The van der Waals surface area contributed by atoms with Crippen LogP contribution in [0.25, 0.3) is 21.5 Å². The summed E-state index contributed by atoms with van der Waals surface area (Å²) in [5, 5.41) is 30.4. The van der Waals surface area contributed by atoms with Gasteiger partial charge in [-0.2, -0.15) is 10.4 Å². The van der Waals surface area contributed by atoms with E-state index < -0.39 is 11.2 Å². The van der Waals surface area contributed by atoms with Crippen LogP contribution >= 0.6 is 0 Å². The summed E-state index contributed by atoms with van der Waals surface area (Å²) in [6.45, 7) is 0.00543. The van der Waals surface area contributed by atoms with Crippen molar-refractivity contribution < 1.29 is 39.8 Å². The largest absolute Gasteiger partial charge is 0.496 e. The molecule has 4 rings (SSSR count). The first-order valence-electron chi connectivity index (χ1n) is 7.83. The molecule has 0 spiro atoms. The lowest BCUT2D eigenvalue weighted by Crippen LogP contribution is -3.02. The van der Waals surface area contributed by atoms with E-state index in [9.17, 15) is 20.3 Å². The molecule has 0 unspecified atom stereocenters. The number of carbonyl (C=O) groups is 1. The molecule has 3 aromatic rings. The fourth-order valence-electron chi connectivity index (χ4n) is 3.44. The molecule has 0 saturated heterocycles. The van der Waals surface area contributed by atoms with Crippen molar-refractivity contribution in [3.63, 3.8) is 0 Å². The lowest BCUT2D eigenvalue weighted by Gasteiger charge is -2.15. The maximum absolute atomic E-state index is 11.3. The summed E-state index contributed by atoms with van der Waals surface area (Å²) in [5.41, 5.74) is 0.503. The number of carboxylic acid groups (broad SMARTS) is 1. The third-order valence-corrected chi connectivity index (χ3v) is 4.44. The second kappa shape index (κ2) is 6.03. The molecule has 8 nitrogen and oxygen atoms in total. The lowest BCUT2D eigenvalue weighted by atomic mass is 9.93. The van der Waals surface area contributed by atoms with Gasteiger partial charge in [-0.25, -0.2) is 0 Å². The molecular formula is C18H16NO7+. The van der Waals surface area contributed by atoms with E-state index in [1.807, 2.05) is 6.07 Å². The van der Waals surface area contributed by atoms with Crippen molar-refractivity contribution in [2.45, 2.75) is 6.42 Å². The summed E-state index contributed by atoms with van der Waals surface area (Å²) in [4.78, 5) is 11.3. The Morgan fingerprint density at radius 3 is 2.69 bits per heavy atom. The number of hydrogen-bond acceptors (Lipinski definition) is 6. The van der Waals surface area contributed by atoms with Crippen molar-refractivity contribution in [2.75, 3.05) is 13.9 Å². The van der Waals surface area contributed by atoms with Crippen LogP contribution in [0.4, 0.5) is 5.69 Å². The molecule has 1 heterocycles. The molecule has 4 N–H and O–H groups in total. The van der Waals surface area contributed by atoms with Gasteiger partial charge in [0, 0.05) is 16.8 Å². The molecule has 0 radical (unpaired) electrons. The molecule has 134 valence electrons. The fraction of sp³-hybridized carbons (Fsp3) is 0.167. The molecule has 3 aromatic carbocycles. The van der Waals surface area contributed by atoms with E-state index >= 15 is 0 Å². The van der Waals surface area contributed by atoms with Crippen molar-refractivity contribution in [2.24, 2.45) is 0 Å². The first kappa shape index (κ1) is 16.4. The van der Waals surface area contributed by atoms with Gasteiger partial charge in [0.15, 0.2) is 11.5 Å². The van der Waals surface area contributed by atoms with E-state index in [1.165, 1.54) is 7.11 Å². The van der Waals surface area contributed by atoms with Crippen LogP contribution in [0.3, 0.4) is 0 Å². The first-order chi connectivity index (χ1) is 12.5.